The first-order valence-corrected chi connectivity index (χ1v) is 12.0. The topological polar surface area (TPSA) is 69.2 Å². The standard InChI is InChI=1S/C24H37N5O2.HI/c1-2-25-24(27-21-11-12-29(18-21)23(30)19-7-3-4-8-19)26-17-20-9-5-6-10-22(20)28-13-15-31-16-14-28;/h5-6,9-10,19,21H,2-4,7-8,11-18H2,1H3,(H2,25,26,27);1H. The summed E-state index contributed by atoms with van der Waals surface area (Å²) in [5.74, 6) is 1.46. The minimum atomic E-state index is 0. The number of benzene rings is 1. The van der Waals surface area contributed by atoms with E-state index in [1.165, 1.54) is 24.1 Å². The first-order chi connectivity index (χ1) is 15.2. The molecule has 1 saturated carbocycles. The molecule has 8 heteroatoms. The Morgan fingerprint density at radius 3 is 2.62 bits per heavy atom. The van der Waals surface area contributed by atoms with E-state index in [4.69, 9.17) is 9.73 Å². The van der Waals surface area contributed by atoms with Gasteiger partial charge in [-0.15, -0.1) is 24.0 Å². The number of nitrogens with zero attached hydrogens (tertiary/aromatic N) is 3. The molecular formula is C24H38IN5O2. The highest BCUT2D eigenvalue weighted by molar-refractivity contribution is 14.0. The molecular weight excluding hydrogens is 517 g/mol. The van der Waals surface area contributed by atoms with Crippen LogP contribution in [0.3, 0.4) is 0 Å². The second-order valence-electron chi connectivity index (χ2n) is 8.82. The van der Waals surface area contributed by atoms with Crippen LogP contribution in [0.25, 0.3) is 0 Å². The van der Waals surface area contributed by atoms with Crippen molar-refractivity contribution in [3.63, 3.8) is 0 Å². The molecule has 2 aliphatic heterocycles. The summed E-state index contributed by atoms with van der Waals surface area (Å²) >= 11 is 0. The normalized spacial score (nSPS) is 22.0. The highest BCUT2D eigenvalue weighted by Gasteiger charge is 2.32. The zero-order valence-corrected chi connectivity index (χ0v) is 21.6. The summed E-state index contributed by atoms with van der Waals surface area (Å²) in [6, 6.07) is 8.78. The Kier molecular flexibility index (Phi) is 9.90. The maximum absolute atomic E-state index is 12.7. The summed E-state index contributed by atoms with van der Waals surface area (Å²) in [5.41, 5.74) is 2.48. The average molecular weight is 556 g/mol. The number of rotatable bonds is 6. The van der Waals surface area contributed by atoms with E-state index in [0.29, 0.717) is 12.5 Å². The lowest BCUT2D eigenvalue weighted by Crippen LogP contribution is -2.45. The molecule has 1 aromatic rings. The number of likely N-dealkylation sites (tertiary alicyclic amines) is 1. The number of aliphatic imine (C=N–C) groups is 1. The van der Waals surface area contributed by atoms with E-state index in [1.54, 1.807) is 0 Å². The lowest BCUT2D eigenvalue weighted by atomic mass is 10.1. The van der Waals surface area contributed by atoms with Gasteiger partial charge in [0, 0.05) is 50.4 Å². The summed E-state index contributed by atoms with van der Waals surface area (Å²) in [5, 5.41) is 6.95. The minimum Gasteiger partial charge on any atom is -0.378 e. The van der Waals surface area contributed by atoms with Gasteiger partial charge in [-0.2, -0.15) is 0 Å². The zero-order chi connectivity index (χ0) is 21.5. The van der Waals surface area contributed by atoms with E-state index in [-0.39, 0.29) is 35.9 Å². The molecule has 2 N–H and O–H groups in total. The molecule has 0 radical (unpaired) electrons. The average Bonchev–Trinajstić information content (AvgIpc) is 3.51. The van der Waals surface area contributed by atoms with Crippen LogP contribution in [0.1, 0.15) is 44.6 Å². The zero-order valence-electron chi connectivity index (χ0n) is 19.2. The molecule has 0 spiro atoms. The molecule has 2 saturated heterocycles. The SMILES string of the molecule is CCNC(=NCc1ccccc1N1CCOCC1)NC1CCN(C(=O)C2CCCC2)C1.I. The van der Waals surface area contributed by atoms with Crippen molar-refractivity contribution in [2.75, 3.05) is 50.8 Å². The molecule has 0 bridgehead atoms. The summed E-state index contributed by atoms with van der Waals surface area (Å²) in [6.45, 7) is 8.56. The van der Waals surface area contributed by atoms with Crippen molar-refractivity contribution in [2.24, 2.45) is 10.9 Å². The molecule has 0 aromatic heterocycles. The van der Waals surface area contributed by atoms with Crippen LogP contribution in [-0.4, -0.2) is 68.7 Å². The van der Waals surface area contributed by atoms with E-state index >= 15 is 0 Å². The molecule has 32 heavy (non-hydrogen) atoms. The third-order valence-corrected chi connectivity index (χ3v) is 6.64. The number of carbonyl (C=O) groups excluding carboxylic acids is 1. The summed E-state index contributed by atoms with van der Waals surface area (Å²) in [7, 11) is 0. The van der Waals surface area contributed by atoms with Crippen LogP contribution in [-0.2, 0) is 16.1 Å². The molecule has 3 fully saturated rings. The maximum Gasteiger partial charge on any atom is 0.225 e. The van der Waals surface area contributed by atoms with Crippen molar-refractivity contribution in [3.8, 4) is 0 Å². The molecule has 3 aliphatic rings. The molecule has 178 valence electrons. The van der Waals surface area contributed by atoms with E-state index < -0.39 is 0 Å². The Balaban J connectivity index is 0.00000289. The van der Waals surface area contributed by atoms with Gasteiger partial charge in [0.2, 0.25) is 5.91 Å². The van der Waals surface area contributed by atoms with Crippen LogP contribution in [0.4, 0.5) is 5.69 Å². The molecule has 2 heterocycles. The predicted octanol–water partition coefficient (Wildman–Crippen LogP) is 2.99. The number of morpholine rings is 1. The largest absolute Gasteiger partial charge is 0.378 e. The number of halogens is 1. The highest BCUT2D eigenvalue weighted by atomic mass is 127. The molecule has 4 rings (SSSR count). The Morgan fingerprint density at radius 2 is 1.88 bits per heavy atom. The van der Waals surface area contributed by atoms with Gasteiger partial charge in [-0.3, -0.25) is 4.79 Å². The Bertz CT molecular complexity index is 763. The smallest absolute Gasteiger partial charge is 0.225 e. The van der Waals surface area contributed by atoms with Gasteiger partial charge in [-0.25, -0.2) is 4.99 Å². The molecule has 1 amide bonds. The predicted molar refractivity (Wildman–Crippen MR) is 140 cm³/mol. The van der Waals surface area contributed by atoms with Gasteiger partial charge in [0.1, 0.15) is 0 Å². The fourth-order valence-corrected chi connectivity index (χ4v) is 4.94. The number of amides is 1. The molecule has 1 unspecified atom stereocenters. The number of guanidine groups is 1. The number of anilines is 1. The van der Waals surface area contributed by atoms with Crippen LogP contribution in [0.5, 0.6) is 0 Å². The van der Waals surface area contributed by atoms with Crippen LogP contribution < -0.4 is 15.5 Å². The minimum absolute atomic E-state index is 0. The van der Waals surface area contributed by atoms with Crippen LogP contribution in [0.15, 0.2) is 29.3 Å². The Labute approximate surface area is 209 Å². The van der Waals surface area contributed by atoms with Crippen LogP contribution in [0, 0.1) is 5.92 Å². The van der Waals surface area contributed by atoms with Gasteiger partial charge < -0.3 is 25.2 Å². The second kappa shape index (κ2) is 12.6. The Morgan fingerprint density at radius 1 is 1.12 bits per heavy atom. The summed E-state index contributed by atoms with van der Waals surface area (Å²) in [6.07, 6.45) is 5.53. The van der Waals surface area contributed by atoms with Crippen molar-refractivity contribution < 1.29 is 9.53 Å². The third-order valence-electron chi connectivity index (χ3n) is 6.64. The molecule has 1 aromatic carbocycles. The van der Waals surface area contributed by atoms with Crippen molar-refractivity contribution in [1.29, 1.82) is 0 Å². The number of ether oxygens (including phenoxy) is 1. The van der Waals surface area contributed by atoms with E-state index in [9.17, 15) is 4.79 Å². The lowest BCUT2D eigenvalue weighted by molar-refractivity contribution is -0.134. The molecule has 7 nitrogen and oxygen atoms in total. The van der Waals surface area contributed by atoms with E-state index in [0.717, 1.165) is 71.2 Å². The first-order valence-electron chi connectivity index (χ1n) is 12.0. The highest BCUT2D eigenvalue weighted by Crippen LogP contribution is 2.28. The van der Waals surface area contributed by atoms with Gasteiger partial charge >= 0.3 is 0 Å². The van der Waals surface area contributed by atoms with Crippen molar-refractivity contribution in [1.82, 2.24) is 15.5 Å². The van der Waals surface area contributed by atoms with Gasteiger partial charge in [-0.05, 0) is 37.8 Å². The van der Waals surface area contributed by atoms with Gasteiger partial charge in [0.25, 0.3) is 0 Å². The summed E-state index contributed by atoms with van der Waals surface area (Å²) in [4.78, 5) is 22.1. The quantitative estimate of drug-likeness (QED) is 0.321. The van der Waals surface area contributed by atoms with Crippen LogP contribution >= 0.6 is 24.0 Å². The number of carbonyl (C=O) groups is 1. The molecule has 1 atom stereocenters. The number of hydrogen-bond acceptors (Lipinski definition) is 4. The number of nitrogens with one attached hydrogen (secondary N) is 2. The van der Waals surface area contributed by atoms with Gasteiger partial charge in [0.15, 0.2) is 5.96 Å². The van der Waals surface area contributed by atoms with Crippen molar-refractivity contribution >= 4 is 41.5 Å². The first kappa shape index (κ1) is 25.1. The second-order valence-corrected chi connectivity index (χ2v) is 8.82. The monoisotopic (exact) mass is 555 g/mol. The molecule has 1 aliphatic carbocycles. The van der Waals surface area contributed by atoms with E-state index in [1.807, 2.05) is 0 Å². The van der Waals surface area contributed by atoms with Gasteiger partial charge in [0.05, 0.1) is 19.8 Å². The maximum atomic E-state index is 12.7. The fraction of sp³-hybridized carbons (Fsp3) is 0.667. The third kappa shape index (κ3) is 6.50. The summed E-state index contributed by atoms with van der Waals surface area (Å²) < 4.78 is 5.51. The number of para-hydroxylation sites is 1. The fourth-order valence-electron chi connectivity index (χ4n) is 4.94. The lowest BCUT2D eigenvalue weighted by Gasteiger charge is -2.30. The van der Waals surface area contributed by atoms with E-state index in [2.05, 4.69) is 51.6 Å². The van der Waals surface area contributed by atoms with Crippen molar-refractivity contribution in [2.45, 2.75) is 51.6 Å². The van der Waals surface area contributed by atoms with Gasteiger partial charge in [-0.1, -0.05) is 31.0 Å². The number of hydrogen-bond donors (Lipinski definition) is 2. The van der Waals surface area contributed by atoms with Crippen LogP contribution in [0.2, 0.25) is 0 Å². The van der Waals surface area contributed by atoms with Crippen molar-refractivity contribution in [3.05, 3.63) is 29.8 Å². The Hall–Kier alpha value is -1.55.